The summed E-state index contributed by atoms with van der Waals surface area (Å²) in [7, 11) is 1.95. The fraction of sp³-hybridized carbons (Fsp3) is 0.286. The molecule has 5 N–H and O–H groups in total. The largest absolute Gasteiger partial charge is 0.383 e. The van der Waals surface area contributed by atoms with Crippen LogP contribution in [0.5, 0.6) is 0 Å². The molecule has 1 aliphatic rings. The Kier molecular flexibility index (Phi) is 3.57. The smallest absolute Gasteiger partial charge is 0.223 e. The second kappa shape index (κ2) is 5.38. The average Bonchev–Trinajstić information content (AvgIpc) is 2.36. The summed E-state index contributed by atoms with van der Waals surface area (Å²) in [5.74, 6) is 1.31. The molecule has 3 rings (SSSR count). The van der Waals surface area contributed by atoms with Crippen molar-refractivity contribution in [3.63, 3.8) is 0 Å². The average molecular weight is 305 g/mol. The van der Waals surface area contributed by atoms with E-state index in [1.807, 2.05) is 31.3 Å². The van der Waals surface area contributed by atoms with Gasteiger partial charge in [0.15, 0.2) is 0 Å². The minimum Gasteiger partial charge on any atom is -0.383 e. The van der Waals surface area contributed by atoms with Crippen molar-refractivity contribution in [1.29, 1.82) is 0 Å². The van der Waals surface area contributed by atoms with E-state index in [1.165, 1.54) is 0 Å². The molecule has 2 heterocycles. The molecule has 1 aliphatic heterocycles. The Morgan fingerprint density at radius 2 is 2.05 bits per heavy atom. The predicted octanol–water partition coefficient (Wildman–Crippen LogP) is 1.37. The van der Waals surface area contributed by atoms with E-state index in [9.17, 15) is 0 Å². The van der Waals surface area contributed by atoms with Crippen LogP contribution >= 0.6 is 11.6 Å². The molecule has 1 aromatic heterocycles. The lowest BCUT2D eigenvalue weighted by Gasteiger charge is -2.40. The van der Waals surface area contributed by atoms with E-state index in [-0.39, 0.29) is 5.95 Å². The molecule has 0 unspecified atom stereocenters. The number of halogens is 1. The number of nitrogens with zero attached hydrogens (tertiary/aromatic N) is 3. The third-order valence-corrected chi connectivity index (χ3v) is 3.87. The molecule has 0 radical (unpaired) electrons. The molecule has 1 saturated heterocycles. The number of anilines is 3. The highest BCUT2D eigenvalue weighted by atomic mass is 35.5. The van der Waals surface area contributed by atoms with Crippen molar-refractivity contribution in [3.05, 3.63) is 29.3 Å². The first-order chi connectivity index (χ1) is 10.1. The van der Waals surface area contributed by atoms with Crippen LogP contribution in [0.1, 0.15) is 0 Å². The van der Waals surface area contributed by atoms with Crippen molar-refractivity contribution in [2.24, 2.45) is 0 Å². The molecule has 1 aromatic carbocycles. The molecule has 0 aliphatic carbocycles. The number of rotatable bonds is 3. The van der Waals surface area contributed by atoms with Crippen molar-refractivity contribution in [2.45, 2.75) is 6.04 Å². The zero-order valence-electron chi connectivity index (χ0n) is 11.7. The molecule has 2 aromatic rings. The fourth-order valence-corrected chi connectivity index (χ4v) is 2.66. The van der Waals surface area contributed by atoms with Crippen LogP contribution in [0.15, 0.2) is 24.3 Å². The molecule has 0 saturated carbocycles. The predicted molar refractivity (Wildman–Crippen MR) is 86.4 cm³/mol. The highest BCUT2D eigenvalue weighted by Crippen LogP contribution is 2.36. The lowest BCUT2D eigenvalue weighted by atomic mass is 10.0. The van der Waals surface area contributed by atoms with Crippen LogP contribution < -0.4 is 21.7 Å². The summed E-state index contributed by atoms with van der Waals surface area (Å²) in [5, 5.41) is 3.87. The van der Waals surface area contributed by atoms with Crippen molar-refractivity contribution in [2.75, 3.05) is 36.5 Å². The number of hydrogen-bond donors (Lipinski definition) is 3. The van der Waals surface area contributed by atoms with Gasteiger partial charge in [0.05, 0.1) is 5.56 Å². The first-order valence-corrected chi connectivity index (χ1v) is 7.07. The van der Waals surface area contributed by atoms with E-state index >= 15 is 0 Å². The van der Waals surface area contributed by atoms with Gasteiger partial charge in [0.2, 0.25) is 5.95 Å². The van der Waals surface area contributed by atoms with Crippen LogP contribution in [0.2, 0.25) is 5.02 Å². The zero-order chi connectivity index (χ0) is 15.0. The zero-order valence-corrected chi connectivity index (χ0v) is 12.4. The van der Waals surface area contributed by atoms with Gasteiger partial charge in [-0.1, -0.05) is 23.7 Å². The Labute approximate surface area is 128 Å². The SMILES string of the molecule is CNC1CN(c2nc(N)nc(N)c2-c2cccc(Cl)c2)C1. The molecule has 0 bridgehead atoms. The topological polar surface area (TPSA) is 93.1 Å². The van der Waals surface area contributed by atoms with Crippen LogP contribution in [-0.2, 0) is 0 Å². The maximum Gasteiger partial charge on any atom is 0.223 e. The molecule has 6 nitrogen and oxygen atoms in total. The maximum absolute atomic E-state index is 6.07. The molecular formula is C14H17ClN6. The van der Waals surface area contributed by atoms with Gasteiger partial charge in [0, 0.05) is 24.2 Å². The van der Waals surface area contributed by atoms with E-state index < -0.39 is 0 Å². The lowest BCUT2D eigenvalue weighted by Crippen LogP contribution is -2.57. The normalized spacial score (nSPS) is 15.0. The maximum atomic E-state index is 6.07. The second-order valence-corrected chi connectivity index (χ2v) is 5.50. The molecule has 0 atom stereocenters. The van der Waals surface area contributed by atoms with Crippen molar-refractivity contribution < 1.29 is 0 Å². The Hall–Kier alpha value is -2.05. The monoisotopic (exact) mass is 304 g/mol. The van der Waals surface area contributed by atoms with Gasteiger partial charge in [0.25, 0.3) is 0 Å². The molecule has 0 spiro atoms. The van der Waals surface area contributed by atoms with Crippen LogP contribution in [-0.4, -0.2) is 36.1 Å². The summed E-state index contributed by atoms with van der Waals surface area (Å²) in [4.78, 5) is 10.6. The number of aromatic nitrogens is 2. The van der Waals surface area contributed by atoms with Gasteiger partial charge >= 0.3 is 0 Å². The third-order valence-electron chi connectivity index (χ3n) is 3.64. The third kappa shape index (κ3) is 2.59. The lowest BCUT2D eigenvalue weighted by molar-refractivity contribution is 0.447. The molecule has 7 heteroatoms. The van der Waals surface area contributed by atoms with Gasteiger partial charge < -0.3 is 21.7 Å². The van der Waals surface area contributed by atoms with E-state index in [2.05, 4.69) is 20.2 Å². The van der Waals surface area contributed by atoms with Gasteiger partial charge in [0.1, 0.15) is 11.6 Å². The van der Waals surface area contributed by atoms with Crippen LogP contribution in [0.3, 0.4) is 0 Å². The van der Waals surface area contributed by atoms with E-state index in [1.54, 1.807) is 0 Å². The molecule has 1 fully saturated rings. The van der Waals surface area contributed by atoms with Gasteiger partial charge in [-0.15, -0.1) is 0 Å². The van der Waals surface area contributed by atoms with Gasteiger partial charge in [-0.3, -0.25) is 0 Å². The Morgan fingerprint density at radius 1 is 1.29 bits per heavy atom. The van der Waals surface area contributed by atoms with Crippen LogP contribution in [0.4, 0.5) is 17.6 Å². The van der Waals surface area contributed by atoms with Crippen molar-refractivity contribution >= 4 is 29.2 Å². The second-order valence-electron chi connectivity index (χ2n) is 5.07. The summed E-state index contributed by atoms with van der Waals surface area (Å²) in [6, 6.07) is 7.94. The van der Waals surface area contributed by atoms with Gasteiger partial charge in [-0.25, -0.2) is 0 Å². The van der Waals surface area contributed by atoms with E-state index in [0.29, 0.717) is 16.9 Å². The summed E-state index contributed by atoms with van der Waals surface area (Å²) < 4.78 is 0. The minimum atomic E-state index is 0.182. The quantitative estimate of drug-likeness (QED) is 0.793. The molecular weight excluding hydrogens is 288 g/mol. The minimum absolute atomic E-state index is 0.182. The number of nitrogens with two attached hydrogens (primary N) is 2. The van der Waals surface area contributed by atoms with Crippen LogP contribution in [0.25, 0.3) is 11.1 Å². The van der Waals surface area contributed by atoms with Crippen molar-refractivity contribution in [1.82, 2.24) is 15.3 Å². The molecule has 110 valence electrons. The summed E-state index contributed by atoms with van der Waals surface area (Å²) in [6.45, 7) is 1.72. The standard InChI is InChI=1S/C14H17ClN6/c1-18-10-6-21(7-10)13-11(12(16)19-14(17)20-13)8-3-2-4-9(15)5-8/h2-5,10,18H,6-7H2,1H3,(H4,16,17,19,20). The highest BCUT2D eigenvalue weighted by molar-refractivity contribution is 6.30. The summed E-state index contributed by atoms with van der Waals surface area (Å²) >= 11 is 6.07. The first-order valence-electron chi connectivity index (χ1n) is 6.69. The Balaban J connectivity index is 2.07. The first kappa shape index (κ1) is 13.9. The summed E-state index contributed by atoms with van der Waals surface area (Å²) in [6.07, 6.45) is 0. The van der Waals surface area contributed by atoms with E-state index in [0.717, 1.165) is 30.0 Å². The number of benzene rings is 1. The Bertz CT molecular complexity index is 669. The number of likely N-dealkylation sites (N-methyl/N-ethyl adjacent to an activating group) is 1. The van der Waals surface area contributed by atoms with Crippen molar-refractivity contribution in [3.8, 4) is 11.1 Å². The molecule has 21 heavy (non-hydrogen) atoms. The number of nitrogen functional groups attached to an aromatic ring is 2. The summed E-state index contributed by atoms with van der Waals surface area (Å²) in [5.41, 5.74) is 13.5. The molecule has 0 amide bonds. The van der Waals surface area contributed by atoms with Gasteiger partial charge in [-0.05, 0) is 24.7 Å². The fourth-order valence-electron chi connectivity index (χ4n) is 2.47. The Morgan fingerprint density at radius 3 is 2.71 bits per heavy atom. The number of hydrogen-bond acceptors (Lipinski definition) is 6. The van der Waals surface area contributed by atoms with E-state index in [4.69, 9.17) is 23.1 Å². The number of nitrogens with one attached hydrogen (secondary N) is 1. The van der Waals surface area contributed by atoms with Crippen LogP contribution in [0, 0.1) is 0 Å². The highest BCUT2D eigenvalue weighted by Gasteiger charge is 2.29. The van der Waals surface area contributed by atoms with Gasteiger partial charge in [-0.2, -0.15) is 9.97 Å².